The molecule has 0 spiro atoms. The molecular formula is C16H19N3O. The third-order valence-corrected chi connectivity index (χ3v) is 3.60. The highest BCUT2D eigenvalue weighted by molar-refractivity contribution is 5.75. The Morgan fingerprint density at radius 2 is 2.10 bits per heavy atom. The fraction of sp³-hybridized carbons (Fsp3) is 0.312. The second-order valence-electron chi connectivity index (χ2n) is 4.99. The molecule has 0 saturated carbocycles. The Balaban J connectivity index is 1.67. The Morgan fingerprint density at radius 3 is 2.90 bits per heavy atom. The van der Waals surface area contributed by atoms with Gasteiger partial charge in [-0.05, 0) is 38.1 Å². The molecule has 0 radical (unpaired) electrons. The number of para-hydroxylation sites is 2. The lowest BCUT2D eigenvalue weighted by molar-refractivity contribution is 0.424. The summed E-state index contributed by atoms with van der Waals surface area (Å²) in [4.78, 5) is 4.58. The average molecular weight is 269 g/mol. The van der Waals surface area contributed by atoms with Crippen molar-refractivity contribution in [3.8, 4) is 0 Å². The predicted octanol–water partition coefficient (Wildman–Crippen LogP) is 3.29. The first-order chi connectivity index (χ1) is 9.75. The lowest BCUT2D eigenvalue weighted by Gasteiger charge is -2.12. The van der Waals surface area contributed by atoms with Crippen molar-refractivity contribution >= 4 is 11.0 Å². The maximum Gasteiger partial charge on any atom is 0.120 e. The van der Waals surface area contributed by atoms with Crippen LogP contribution in [0.1, 0.15) is 24.6 Å². The molecule has 0 aliphatic rings. The number of nitrogens with one attached hydrogen (secondary N) is 1. The van der Waals surface area contributed by atoms with Crippen LogP contribution in [0.4, 0.5) is 0 Å². The minimum atomic E-state index is 0.222. The molecule has 0 fully saturated rings. The zero-order chi connectivity index (χ0) is 13.9. The summed E-state index contributed by atoms with van der Waals surface area (Å²) in [7, 11) is 0. The third kappa shape index (κ3) is 2.47. The topological polar surface area (TPSA) is 43.0 Å². The largest absolute Gasteiger partial charge is 0.468 e. The molecule has 0 bridgehead atoms. The van der Waals surface area contributed by atoms with Crippen molar-refractivity contribution in [3.05, 3.63) is 54.2 Å². The summed E-state index contributed by atoms with van der Waals surface area (Å²) in [5, 5.41) is 3.47. The van der Waals surface area contributed by atoms with Crippen LogP contribution in [0.3, 0.4) is 0 Å². The standard InChI is InChI=1S/C16H19N3O/c1-12(16-8-5-11-20-16)17-9-10-19-13(2)18-14-6-3-4-7-15(14)19/h3-8,11-12,17H,9-10H2,1-2H3. The number of fused-ring (bicyclic) bond motifs is 1. The third-order valence-electron chi connectivity index (χ3n) is 3.60. The summed E-state index contributed by atoms with van der Waals surface area (Å²) in [5.74, 6) is 2.02. The Morgan fingerprint density at radius 1 is 1.25 bits per heavy atom. The molecular weight excluding hydrogens is 250 g/mol. The number of aromatic nitrogens is 2. The molecule has 3 rings (SSSR count). The first-order valence-corrected chi connectivity index (χ1v) is 6.94. The monoisotopic (exact) mass is 269 g/mol. The molecule has 1 unspecified atom stereocenters. The van der Waals surface area contributed by atoms with Crippen molar-refractivity contribution in [3.63, 3.8) is 0 Å². The average Bonchev–Trinajstić information content (AvgIpc) is 3.07. The fourth-order valence-electron chi connectivity index (χ4n) is 2.51. The molecule has 0 aliphatic carbocycles. The number of benzene rings is 1. The summed E-state index contributed by atoms with van der Waals surface area (Å²) in [5.41, 5.74) is 2.25. The van der Waals surface area contributed by atoms with E-state index in [0.29, 0.717) is 0 Å². The van der Waals surface area contributed by atoms with Crippen molar-refractivity contribution in [1.29, 1.82) is 0 Å². The second kappa shape index (κ2) is 5.51. The van der Waals surface area contributed by atoms with Gasteiger partial charge in [0.25, 0.3) is 0 Å². The minimum absolute atomic E-state index is 0.222. The van der Waals surface area contributed by atoms with E-state index in [1.54, 1.807) is 6.26 Å². The van der Waals surface area contributed by atoms with E-state index in [0.717, 1.165) is 30.2 Å². The molecule has 0 amide bonds. The van der Waals surface area contributed by atoms with Gasteiger partial charge < -0.3 is 14.3 Å². The molecule has 4 heteroatoms. The number of aryl methyl sites for hydroxylation is 1. The van der Waals surface area contributed by atoms with Gasteiger partial charge in [0, 0.05) is 13.1 Å². The summed E-state index contributed by atoms with van der Waals surface area (Å²) in [6.07, 6.45) is 1.71. The number of nitrogens with zero attached hydrogens (tertiary/aromatic N) is 2. The highest BCUT2D eigenvalue weighted by Gasteiger charge is 2.09. The quantitative estimate of drug-likeness (QED) is 0.773. The van der Waals surface area contributed by atoms with Gasteiger partial charge in [0.05, 0.1) is 23.3 Å². The smallest absolute Gasteiger partial charge is 0.120 e. The van der Waals surface area contributed by atoms with Crippen LogP contribution < -0.4 is 5.32 Å². The Hall–Kier alpha value is -2.07. The van der Waals surface area contributed by atoms with Crippen molar-refractivity contribution < 1.29 is 4.42 Å². The molecule has 104 valence electrons. The van der Waals surface area contributed by atoms with E-state index in [-0.39, 0.29) is 6.04 Å². The zero-order valence-electron chi connectivity index (χ0n) is 11.8. The molecule has 0 aliphatic heterocycles. The Bertz CT molecular complexity index is 685. The maximum absolute atomic E-state index is 5.40. The van der Waals surface area contributed by atoms with Gasteiger partial charge in [0.1, 0.15) is 11.6 Å². The van der Waals surface area contributed by atoms with Crippen LogP contribution in [0.5, 0.6) is 0 Å². The fourth-order valence-corrected chi connectivity index (χ4v) is 2.51. The van der Waals surface area contributed by atoms with Crippen molar-refractivity contribution in [2.75, 3.05) is 6.54 Å². The summed E-state index contributed by atoms with van der Waals surface area (Å²) in [6, 6.07) is 12.4. The zero-order valence-corrected chi connectivity index (χ0v) is 11.8. The van der Waals surface area contributed by atoms with E-state index < -0.39 is 0 Å². The Labute approximate surface area is 118 Å². The van der Waals surface area contributed by atoms with E-state index in [1.165, 1.54) is 5.52 Å². The van der Waals surface area contributed by atoms with Crippen LogP contribution in [0, 0.1) is 6.92 Å². The normalized spacial score (nSPS) is 12.9. The van der Waals surface area contributed by atoms with Gasteiger partial charge in [0.15, 0.2) is 0 Å². The summed E-state index contributed by atoms with van der Waals surface area (Å²) < 4.78 is 7.64. The SMILES string of the molecule is Cc1nc2ccccc2n1CCNC(C)c1ccco1. The number of hydrogen-bond acceptors (Lipinski definition) is 3. The van der Waals surface area contributed by atoms with Crippen molar-refractivity contribution in [2.24, 2.45) is 0 Å². The molecule has 1 aromatic carbocycles. The van der Waals surface area contributed by atoms with E-state index in [1.807, 2.05) is 18.2 Å². The van der Waals surface area contributed by atoms with Gasteiger partial charge in [0.2, 0.25) is 0 Å². The number of imidazole rings is 1. The number of furan rings is 1. The number of hydrogen-bond donors (Lipinski definition) is 1. The summed E-state index contributed by atoms with van der Waals surface area (Å²) in [6.45, 7) is 5.94. The molecule has 0 saturated heterocycles. The van der Waals surface area contributed by atoms with Crippen LogP contribution in [0.25, 0.3) is 11.0 Å². The maximum atomic E-state index is 5.40. The first-order valence-electron chi connectivity index (χ1n) is 6.94. The second-order valence-corrected chi connectivity index (χ2v) is 4.99. The first kappa shape index (κ1) is 12.9. The van der Waals surface area contributed by atoms with Gasteiger partial charge in [-0.3, -0.25) is 0 Å². The van der Waals surface area contributed by atoms with Gasteiger partial charge >= 0.3 is 0 Å². The lowest BCUT2D eigenvalue weighted by atomic mass is 10.2. The lowest BCUT2D eigenvalue weighted by Crippen LogP contribution is -2.23. The van der Waals surface area contributed by atoms with Crippen LogP contribution in [0.2, 0.25) is 0 Å². The van der Waals surface area contributed by atoms with Gasteiger partial charge in [-0.25, -0.2) is 4.98 Å². The van der Waals surface area contributed by atoms with Crippen LogP contribution >= 0.6 is 0 Å². The van der Waals surface area contributed by atoms with Gasteiger partial charge in [-0.2, -0.15) is 0 Å². The molecule has 1 N–H and O–H groups in total. The van der Waals surface area contributed by atoms with E-state index in [2.05, 4.69) is 46.9 Å². The highest BCUT2D eigenvalue weighted by Crippen LogP contribution is 2.15. The van der Waals surface area contributed by atoms with Crippen LogP contribution in [0.15, 0.2) is 47.1 Å². The van der Waals surface area contributed by atoms with E-state index in [4.69, 9.17) is 4.42 Å². The predicted molar refractivity (Wildman–Crippen MR) is 79.6 cm³/mol. The van der Waals surface area contributed by atoms with Crippen molar-refractivity contribution in [1.82, 2.24) is 14.9 Å². The van der Waals surface area contributed by atoms with Gasteiger partial charge in [-0.1, -0.05) is 12.1 Å². The van der Waals surface area contributed by atoms with Crippen molar-refractivity contribution in [2.45, 2.75) is 26.4 Å². The van der Waals surface area contributed by atoms with E-state index >= 15 is 0 Å². The summed E-state index contributed by atoms with van der Waals surface area (Å²) >= 11 is 0. The van der Waals surface area contributed by atoms with Crippen LogP contribution in [-0.4, -0.2) is 16.1 Å². The molecule has 1 atom stereocenters. The van der Waals surface area contributed by atoms with Gasteiger partial charge in [-0.15, -0.1) is 0 Å². The van der Waals surface area contributed by atoms with E-state index in [9.17, 15) is 0 Å². The highest BCUT2D eigenvalue weighted by atomic mass is 16.3. The molecule has 2 aromatic heterocycles. The Kier molecular flexibility index (Phi) is 3.56. The molecule has 3 aromatic rings. The molecule has 20 heavy (non-hydrogen) atoms. The number of rotatable bonds is 5. The molecule has 4 nitrogen and oxygen atoms in total. The van der Waals surface area contributed by atoms with Crippen LogP contribution in [-0.2, 0) is 6.54 Å². The minimum Gasteiger partial charge on any atom is -0.468 e. The molecule has 2 heterocycles.